The molecule has 3 amide bonds. The first kappa shape index (κ1) is 27.7. The summed E-state index contributed by atoms with van der Waals surface area (Å²) in [7, 11) is 0. The predicted octanol–water partition coefficient (Wildman–Crippen LogP) is 3.70. The van der Waals surface area contributed by atoms with Gasteiger partial charge in [-0.1, -0.05) is 12.1 Å². The van der Waals surface area contributed by atoms with Crippen LogP contribution in [0.1, 0.15) is 19.3 Å². The zero-order chi connectivity index (χ0) is 30.4. The lowest BCUT2D eigenvalue weighted by molar-refractivity contribution is -0.146. The van der Waals surface area contributed by atoms with Crippen LogP contribution in [0, 0.1) is 28.1 Å². The van der Waals surface area contributed by atoms with Crippen LogP contribution in [0.3, 0.4) is 0 Å². The highest BCUT2D eigenvalue weighted by molar-refractivity contribution is 5.90. The smallest absolute Gasteiger partial charge is 0.336 e. The van der Waals surface area contributed by atoms with Gasteiger partial charge in [0, 0.05) is 41.7 Å². The standard InChI is InChI=1S/C28H23F3N10O2/c29-28(30,31)15-34-25(43)37-21-3-1-2-18(8-21)22-13-40-23(38-22)9-19(10-35-40)20-11-36-41(12-20)27(6-7-32)16-39(17-27)24(42)26(14-33)4-5-26/h1-3,8-13H,4-6,15-17H2,(H2,34,37,43). The van der Waals surface area contributed by atoms with Gasteiger partial charge in [-0.05, 0) is 31.0 Å². The number of carbonyl (C=O) groups is 2. The number of likely N-dealkylation sites (tertiary alicyclic amines) is 1. The molecular weight excluding hydrogens is 565 g/mol. The summed E-state index contributed by atoms with van der Waals surface area (Å²) in [6, 6.07) is 11.7. The first-order valence-electron chi connectivity index (χ1n) is 13.2. The van der Waals surface area contributed by atoms with Gasteiger partial charge in [-0.2, -0.15) is 33.9 Å². The van der Waals surface area contributed by atoms with E-state index in [0.717, 1.165) is 5.56 Å². The zero-order valence-electron chi connectivity index (χ0n) is 22.5. The minimum Gasteiger partial charge on any atom is -0.336 e. The van der Waals surface area contributed by atoms with E-state index in [-0.39, 0.29) is 18.0 Å². The number of carbonyl (C=O) groups excluding carboxylic acids is 2. The minimum atomic E-state index is -4.52. The van der Waals surface area contributed by atoms with E-state index >= 15 is 0 Å². The lowest BCUT2D eigenvalue weighted by atomic mass is 9.85. The molecular formula is C28H23F3N10O2. The average Bonchev–Trinajstić information content (AvgIpc) is 3.39. The number of benzene rings is 1. The van der Waals surface area contributed by atoms with Gasteiger partial charge in [0.05, 0.1) is 42.8 Å². The number of hydrogen-bond acceptors (Lipinski definition) is 7. The number of imidazole rings is 1. The van der Waals surface area contributed by atoms with E-state index in [1.807, 2.05) is 6.07 Å². The Bertz CT molecular complexity index is 1820. The molecule has 15 heteroatoms. The molecule has 6 rings (SSSR count). The molecule has 0 radical (unpaired) electrons. The lowest BCUT2D eigenvalue weighted by Gasteiger charge is -2.49. The van der Waals surface area contributed by atoms with Crippen molar-refractivity contribution in [2.45, 2.75) is 31.0 Å². The summed E-state index contributed by atoms with van der Waals surface area (Å²) < 4.78 is 40.4. The summed E-state index contributed by atoms with van der Waals surface area (Å²) in [4.78, 5) is 30.8. The van der Waals surface area contributed by atoms with Crippen LogP contribution in [-0.2, 0) is 10.3 Å². The molecule has 3 aromatic heterocycles. The maximum Gasteiger partial charge on any atom is 0.405 e. The topological polar surface area (TPSA) is 157 Å². The summed E-state index contributed by atoms with van der Waals surface area (Å²) in [5, 5.41) is 31.9. The van der Waals surface area contributed by atoms with E-state index in [1.54, 1.807) is 68.5 Å². The maximum absolute atomic E-state index is 12.8. The third kappa shape index (κ3) is 5.32. The van der Waals surface area contributed by atoms with Gasteiger partial charge in [-0.25, -0.2) is 14.3 Å². The van der Waals surface area contributed by atoms with Crippen molar-refractivity contribution in [3.8, 4) is 34.5 Å². The van der Waals surface area contributed by atoms with Gasteiger partial charge in [0.1, 0.15) is 17.5 Å². The summed E-state index contributed by atoms with van der Waals surface area (Å²) in [6.45, 7) is -0.857. The fourth-order valence-electron chi connectivity index (χ4n) is 5.11. The summed E-state index contributed by atoms with van der Waals surface area (Å²) in [6.07, 6.45) is 3.52. The Balaban J connectivity index is 1.18. The van der Waals surface area contributed by atoms with Crippen LogP contribution in [0.2, 0.25) is 0 Å². The first-order chi connectivity index (χ1) is 20.5. The van der Waals surface area contributed by atoms with Gasteiger partial charge in [-0.15, -0.1) is 0 Å². The molecule has 1 saturated carbocycles. The van der Waals surface area contributed by atoms with Crippen molar-refractivity contribution in [3.63, 3.8) is 0 Å². The number of nitriles is 2. The molecule has 1 aromatic carbocycles. The molecule has 218 valence electrons. The van der Waals surface area contributed by atoms with Crippen molar-refractivity contribution in [1.82, 2.24) is 34.6 Å². The number of halogens is 3. The predicted molar refractivity (Wildman–Crippen MR) is 145 cm³/mol. The molecule has 0 spiro atoms. The van der Waals surface area contributed by atoms with Crippen LogP contribution in [0.25, 0.3) is 28.0 Å². The van der Waals surface area contributed by atoms with Crippen LogP contribution in [-0.4, -0.2) is 67.0 Å². The van der Waals surface area contributed by atoms with Gasteiger partial charge < -0.3 is 15.5 Å². The van der Waals surface area contributed by atoms with Gasteiger partial charge in [-0.3, -0.25) is 9.48 Å². The monoisotopic (exact) mass is 588 g/mol. The second-order valence-corrected chi connectivity index (χ2v) is 10.8. The molecule has 0 bridgehead atoms. The number of rotatable bonds is 7. The highest BCUT2D eigenvalue weighted by atomic mass is 19.4. The molecule has 4 aromatic rings. The molecule has 1 aliphatic heterocycles. The Labute approximate surface area is 242 Å². The number of amides is 3. The third-order valence-corrected chi connectivity index (χ3v) is 7.63. The fourth-order valence-corrected chi connectivity index (χ4v) is 5.11. The van der Waals surface area contributed by atoms with Gasteiger partial charge >= 0.3 is 12.2 Å². The number of nitrogens with one attached hydrogen (secondary N) is 2. The second-order valence-electron chi connectivity index (χ2n) is 10.8. The van der Waals surface area contributed by atoms with E-state index in [0.29, 0.717) is 48.4 Å². The Morgan fingerprint density at radius 2 is 1.79 bits per heavy atom. The van der Waals surface area contributed by atoms with Crippen LogP contribution in [0.15, 0.2) is 55.1 Å². The van der Waals surface area contributed by atoms with Crippen LogP contribution >= 0.6 is 0 Å². The minimum absolute atomic E-state index is 0.149. The molecule has 43 heavy (non-hydrogen) atoms. The third-order valence-electron chi connectivity index (χ3n) is 7.63. The second kappa shape index (κ2) is 10.1. The molecule has 2 N–H and O–H groups in total. The quantitative estimate of drug-likeness (QED) is 0.333. The summed E-state index contributed by atoms with van der Waals surface area (Å²) in [5.74, 6) is -0.188. The lowest BCUT2D eigenvalue weighted by Crippen LogP contribution is -2.65. The van der Waals surface area contributed by atoms with E-state index < -0.39 is 29.7 Å². The molecule has 4 heterocycles. The fraction of sp³-hybridized carbons (Fsp3) is 0.321. The highest BCUT2D eigenvalue weighted by Gasteiger charge is 2.57. The molecule has 1 saturated heterocycles. The number of anilines is 1. The molecule has 1 aliphatic carbocycles. The van der Waals surface area contributed by atoms with E-state index in [4.69, 9.17) is 0 Å². The maximum atomic E-state index is 12.8. The number of alkyl halides is 3. The van der Waals surface area contributed by atoms with Crippen molar-refractivity contribution >= 4 is 23.3 Å². The van der Waals surface area contributed by atoms with Crippen molar-refractivity contribution in [2.75, 3.05) is 25.0 Å². The van der Waals surface area contributed by atoms with E-state index in [1.165, 1.54) is 0 Å². The SMILES string of the molecule is N#CCC1(n2cc(-c3cnn4cc(-c5cccc(NC(=O)NCC(F)(F)F)c5)nc4c3)cn2)CN(C(=O)C2(C#N)CC2)C1. The average molecular weight is 589 g/mol. The van der Waals surface area contributed by atoms with Crippen molar-refractivity contribution in [3.05, 3.63) is 55.1 Å². The molecule has 0 atom stereocenters. The Hall–Kier alpha value is -5.44. The van der Waals surface area contributed by atoms with Crippen LogP contribution in [0.5, 0.6) is 0 Å². The van der Waals surface area contributed by atoms with Crippen molar-refractivity contribution < 1.29 is 22.8 Å². The van der Waals surface area contributed by atoms with Gasteiger partial charge in [0.2, 0.25) is 5.91 Å². The summed E-state index contributed by atoms with van der Waals surface area (Å²) >= 11 is 0. The largest absolute Gasteiger partial charge is 0.405 e. The number of aromatic nitrogens is 5. The number of nitrogens with zero attached hydrogens (tertiary/aromatic N) is 8. The highest BCUT2D eigenvalue weighted by Crippen LogP contribution is 2.48. The van der Waals surface area contributed by atoms with Gasteiger partial charge in [0.25, 0.3) is 0 Å². The number of hydrogen-bond donors (Lipinski definition) is 2. The Morgan fingerprint density at radius 1 is 1.02 bits per heavy atom. The van der Waals surface area contributed by atoms with Crippen LogP contribution in [0.4, 0.5) is 23.7 Å². The molecule has 0 unspecified atom stereocenters. The zero-order valence-corrected chi connectivity index (χ0v) is 22.5. The van der Waals surface area contributed by atoms with E-state index in [2.05, 4.69) is 32.6 Å². The van der Waals surface area contributed by atoms with Crippen LogP contribution < -0.4 is 10.6 Å². The first-order valence-corrected chi connectivity index (χ1v) is 13.2. The van der Waals surface area contributed by atoms with Gasteiger partial charge in [0.15, 0.2) is 5.65 Å². The van der Waals surface area contributed by atoms with E-state index in [9.17, 15) is 33.3 Å². The molecule has 2 fully saturated rings. The molecule has 12 nitrogen and oxygen atoms in total. The number of urea groups is 1. The summed E-state index contributed by atoms with van der Waals surface area (Å²) in [5.41, 5.74) is 1.79. The normalized spacial score (nSPS) is 16.5. The molecule has 2 aliphatic rings. The van der Waals surface area contributed by atoms with Crippen molar-refractivity contribution in [2.24, 2.45) is 5.41 Å². The number of fused-ring (bicyclic) bond motifs is 1. The van der Waals surface area contributed by atoms with Crippen molar-refractivity contribution in [1.29, 1.82) is 10.5 Å². The Kier molecular flexibility index (Phi) is 6.53. The Morgan fingerprint density at radius 3 is 2.49 bits per heavy atom.